The molecule has 0 saturated carbocycles. The molecule has 6 nitrogen and oxygen atoms in total. The maximum atomic E-state index is 12.2. The van der Waals surface area contributed by atoms with Gasteiger partial charge in [-0.3, -0.25) is 14.4 Å². The number of carbonyl (C=O) groups is 3. The first kappa shape index (κ1) is 17.0. The van der Waals surface area contributed by atoms with E-state index in [1.165, 1.54) is 11.8 Å². The molecule has 6 heteroatoms. The molecule has 1 fully saturated rings. The van der Waals surface area contributed by atoms with Gasteiger partial charge in [-0.25, -0.2) is 0 Å². The number of esters is 1. The second-order valence-corrected chi connectivity index (χ2v) is 5.81. The summed E-state index contributed by atoms with van der Waals surface area (Å²) in [6.07, 6.45) is 0.309. The van der Waals surface area contributed by atoms with Crippen LogP contribution < -0.4 is 5.32 Å². The molecule has 1 atom stereocenters. The fourth-order valence-electron chi connectivity index (χ4n) is 2.55. The molecule has 2 rings (SSSR count). The number of carbonyl (C=O) groups excluding carboxylic acids is 3. The topological polar surface area (TPSA) is 75.7 Å². The first-order valence-corrected chi connectivity index (χ1v) is 7.73. The van der Waals surface area contributed by atoms with E-state index >= 15 is 0 Å². The minimum Gasteiger partial charge on any atom is -0.451 e. The number of amides is 2. The fourth-order valence-corrected chi connectivity index (χ4v) is 2.55. The van der Waals surface area contributed by atoms with Gasteiger partial charge in [-0.2, -0.15) is 0 Å². The van der Waals surface area contributed by atoms with E-state index in [1.54, 1.807) is 0 Å². The van der Waals surface area contributed by atoms with Crippen molar-refractivity contribution in [3.8, 4) is 0 Å². The van der Waals surface area contributed by atoms with Gasteiger partial charge in [0.25, 0.3) is 5.91 Å². The van der Waals surface area contributed by atoms with E-state index in [9.17, 15) is 14.4 Å². The monoisotopic (exact) mass is 318 g/mol. The van der Waals surface area contributed by atoms with Crippen molar-refractivity contribution in [2.75, 3.05) is 18.4 Å². The molecule has 1 aliphatic heterocycles. The van der Waals surface area contributed by atoms with E-state index in [-0.39, 0.29) is 18.4 Å². The normalized spacial score (nSPS) is 15.4. The zero-order chi connectivity index (χ0) is 17.0. The molecule has 0 spiro atoms. The molecule has 0 radical (unpaired) electrons. The number of nitrogens with one attached hydrogen (secondary N) is 1. The Kier molecular flexibility index (Phi) is 5.36. The smallest absolute Gasteiger partial charge is 0.326 e. The number of rotatable bonds is 5. The van der Waals surface area contributed by atoms with Crippen molar-refractivity contribution in [1.29, 1.82) is 0 Å². The summed E-state index contributed by atoms with van der Waals surface area (Å²) in [7, 11) is 0. The molecule has 2 amide bonds. The Bertz CT molecular complexity index is 607. The molecule has 1 aromatic carbocycles. The summed E-state index contributed by atoms with van der Waals surface area (Å²) in [4.78, 5) is 37.0. The average Bonchev–Trinajstić information content (AvgIpc) is 2.88. The first-order valence-electron chi connectivity index (χ1n) is 7.73. The predicted octanol–water partition coefficient (Wildman–Crippen LogP) is 1.80. The lowest BCUT2D eigenvalue weighted by atomic mass is 10.1. The Hall–Kier alpha value is -2.37. The molecule has 124 valence electrons. The number of para-hydroxylation sites is 1. The van der Waals surface area contributed by atoms with Crippen molar-refractivity contribution in [1.82, 2.24) is 4.90 Å². The lowest BCUT2D eigenvalue weighted by Gasteiger charge is -2.18. The molecule has 0 aromatic heterocycles. The highest BCUT2D eigenvalue weighted by Crippen LogP contribution is 2.19. The Morgan fingerprint density at radius 2 is 1.96 bits per heavy atom. The molecule has 0 unspecified atom stereocenters. The fraction of sp³-hybridized carbons (Fsp3) is 0.471. The summed E-state index contributed by atoms with van der Waals surface area (Å²) in [6.45, 7) is 5.79. The van der Waals surface area contributed by atoms with Crippen LogP contribution in [-0.2, 0) is 19.1 Å². The van der Waals surface area contributed by atoms with Gasteiger partial charge in [0, 0.05) is 18.7 Å². The number of anilines is 1. The van der Waals surface area contributed by atoms with Crippen LogP contribution in [0.1, 0.15) is 30.9 Å². The second kappa shape index (κ2) is 7.26. The lowest BCUT2D eigenvalue weighted by molar-refractivity contribution is -0.155. The highest BCUT2D eigenvalue weighted by molar-refractivity contribution is 5.96. The van der Waals surface area contributed by atoms with Gasteiger partial charge in [-0.1, -0.05) is 18.2 Å². The van der Waals surface area contributed by atoms with Gasteiger partial charge >= 0.3 is 5.97 Å². The standard InChI is InChI=1S/C17H22N2O4/c1-11-6-4-7-12(2)16(11)18-17(22)13(3)23-15(21)10-19-9-5-8-14(19)20/h4,6-7,13H,5,8-10H2,1-3H3,(H,18,22)/t13-/m0/s1. The van der Waals surface area contributed by atoms with Gasteiger partial charge < -0.3 is 15.0 Å². The maximum Gasteiger partial charge on any atom is 0.326 e. The summed E-state index contributed by atoms with van der Waals surface area (Å²) < 4.78 is 5.13. The third-order valence-electron chi connectivity index (χ3n) is 3.90. The van der Waals surface area contributed by atoms with Crippen molar-refractivity contribution in [2.45, 2.75) is 39.7 Å². The number of likely N-dealkylation sites (tertiary alicyclic amines) is 1. The molecule has 1 aromatic rings. The molecular formula is C17H22N2O4. The van der Waals surface area contributed by atoms with E-state index in [2.05, 4.69) is 5.32 Å². The Morgan fingerprint density at radius 3 is 2.52 bits per heavy atom. The third kappa shape index (κ3) is 4.31. The maximum absolute atomic E-state index is 12.2. The molecule has 1 saturated heterocycles. The van der Waals surface area contributed by atoms with Gasteiger partial charge in [-0.05, 0) is 38.3 Å². The lowest BCUT2D eigenvalue weighted by Crippen LogP contribution is -2.36. The van der Waals surface area contributed by atoms with Crippen molar-refractivity contribution in [2.24, 2.45) is 0 Å². The molecule has 23 heavy (non-hydrogen) atoms. The highest BCUT2D eigenvalue weighted by atomic mass is 16.5. The largest absolute Gasteiger partial charge is 0.451 e. The molecule has 1 aliphatic rings. The summed E-state index contributed by atoms with van der Waals surface area (Å²) >= 11 is 0. The quantitative estimate of drug-likeness (QED) is 0.840. The van der Waals surface area contributed by atoms with Crippen LogP contribution in [0.4, 0.5) is 5.69 Å². The first-order chi connectivity index (χ1) is 10.9. The Morgan fingerprint density at radius 1 is 1.30 bits per heavy atom. The third-order valence-corrected chi connectivity index (χ3v) is 3.90. The van der Waals surface area contributed by atoms with Crippen LogP contribution in [0.2, 0.25) is 0 Å². The van der Waals surface area contributed by atoms with Crippen molar-refractivity contribution in [3.63, 3.8) is 0 Å². The van der Waals surface area contributed by atoms with E-state index < -0.39 is 12.1 Å². The Balaban J connectivity index is 1.89. The van der Waals surface area contributed by atoms with E-state index in [1.807, 2.05) is 32.0 Å². The number of benzene rings is 1. The SMILES string of the molecule is Cc1cccc(C)c1NC(=O)[C@H](C)OC(=O)CN1CCCC1=O. The van der Waals surface area contributed by atoms with Crippen LogP contribution in [0.5, 0.6) is 0 Å². The molecule has 1 heterocycles. The van der Waals surface area contributed by atoms with Crippen molar-refractivity contribution < 1.29 is 19.1 Å². The van der Waals surface area contributed by atoms with Gasteiger partial charge in [0.1, 0.15) is 6.54 Å². The number of nitrogens with zero attached hydrogens (tertiary/aromatic N) is 1. The molecule has 0 aliphatic carbocycles. The number of hydrogen-bond acceptors (Lipinski definition) is 4. The van der Waals surface area contributed by atoms with Crippen molar-refractivity contribution in [3.05, 3.63) is 29.3 Å². The van der Waals surface area contributed by atoms with Crippen LogP contribution >= 0.6 is 0 Å². The molecule has 1 N–H and O–H groups in total. The molecule has 0 bridgehead atoms. The number of hydrogen-bond donors (Lipinski definition) is 1. The average molecular weight is 318 g/mol. The second-order valence-electron chi connectivity index (χ2n) is 5.81. The van der Waals surface area contributed by atoms with E-state index in [0.717, 1.165) is 23.2 Å². The van der Waals surface area contributed by atoms with Crippen molar-refractivity contribution >= 4 is 23.5 Å². The van der Waals surface area contributed by atoms with Gasteiger partial charge in [0.2, 0.25) is 5.91 Å². The Labute approximate surface area is 135 Å². The van der Waals surface area contributed by atoms with Crippen LogP contribution in [0.3, 0.4) is 0 Å². The zero-order valence-electron chi connectivity index (χ0n) is 13.7. The van der Waals surface area contributed by atoms with Crippen LogP contribution in [0.25, 0.3) is 0 Å². The van der Waals surface area contributed by atoms with Gasteiger partial charge in [0.15, 0.2) is 6.10 Å². The van der Waals surface area contributed by atoms with E-state index in [0.29, 0.717) is 13.0 Å². The van der Waals surface area contributed by atoms with Gasteiger partial charge in [0.05, 0.1) is 0 Å². The zero-order valence-corrected chi connectivity index (χ0v) is 13.7. The summed E-state index contributed by atoms with van der Waals surface area (Å²) in [6, 6.07) is 5.72. The minimum atomic E-state index is -0.917. The van der Waals surface area contributed by atoms with Gasteiger partial charge in [-0.15, -0.1) is 0 Å². The molecular weight excluding hydrogens is 296 g/mol. The number of ether oxygens (including phenoxy) is 1. The summed E-state index contributed by atoms with van der Waals surface area (Å²) in [5.74, 6) is -0.998. The van der Waals surface area contributed by atoms with Crippen LogP contribution in [0.15, 0.2) is 18.2 Å². The van der Waals surface area contributed by atoms with E-state index in [4.69, 9.17) is 4.74 Å². The number of aryl methyl sites for hydroxylation is 2. The highest BCUT2D eigenvalue weighted by Gasteiger charge is 2.25. The summed E-state index contributed by atoms with van der Waals surface area (Å²) in [5, 5.41) is 2.79. The van der Waals surface area contributed by atoms with Crippen LogP contribution in [-0.4, -0.2) is 41.9 Å². The van der Waals surface area contributed by atoms with Crippen LogP contribution in [0, 0.1) is 13.8 Å². The predicted molar refractivity (Wildman–Crippen MR) is 85.9 cm³/mol. The summed E-state index contributed by atoms with van der Waals surface area (Å²) in [5.41, 5.74) is 2.62. The minimum absolute atomic E-state index is 0.0467.